The lowest BCUT2D eigenvalue weighted by Gasteiger charge is -2.04. The van der Waals surface area contributed by atoms with E-state index in [0.29, 0.717) is 34.1 Å². The third kappa shape index (κ3) is 2.31. The van der Waals surface area contributed by atoms with Gasteiger partial charge in [-0.3, -0.25) is 0 Å². The van der Waals surface area contributed by atoms with Crippen molar-refractivity contribution in [2.24, 2.45) is 0 Å². The molecule has 0 aliphatic carbocycles. The zero-order chi connectivity index (χ0) is 14.1. The zero-order valence-electron chi connectivity index (χ0n) is 10.2. The fourth-order valence-corrected chi connectivity index (χ4v) is 2.19. The highest BCUT2D eigenvalue weighted by Crippen LogP contribution is 2.27. The third-order valence-electron chi connectivity index (χ3n) is 2.76. The van der Waals surface area contributed by atoms with Gasteiger partial charge in [-0.1, -0.05) is 15.9 Å². The van der Waals surface area contributed by atoms with Crippen molar-refractivity contribution >= 4 is 44.4 Å². The van der Waals surface area contributed by atoms with Crippen LogP contribution in [0.15, 0.2) is 45.3 Å². The number of hydrogen-bond acceptors (Lipinski definition) is 5. The Morgan fingerprint density at radius 2 is 2.10 bits per heavy atom. The summed E-state index contributed by atoms with van der Waals surface area (Å²) < 4.78 is 6.43. The standard InChI is InChI=1S/C14H9BrN4O/c15-9-2-1-8(7-16)12(5-9)19-14-18-11-4-3-10(17)6-13(11)20-14/h1-6H,17H2,(H,18,19). The van der Waals surface area contributed by atoms with E-state index in [2.05, 4.69) is 32.3 Å². The second-order valence-corrected chi connectivity index (χ2v) is 5.09. The quantitative estimate of drug-likeness (QED) is 0.699. The summed E-state index contributed by atoms with van der Waals surface area (Å²) in [5.41, 5.74) is 8.74. The van der Waals surface area contributed by atoms with E-state index in [9.17, 15) is 0 Å². The van der Waals surface area contributed by atoms with E-state index in [4.69, 9.17) is 15.4 Å². The molecule has 6 heteroatoms. The number of nitrogens with two attached hydrogens (primary N) is 1. The van der Waals surface area contributed by atoms with Crippen LogP contribution in [0.2, 0.25) is 0 Å². The number of halogens is 1. The Morgan fingerprint density at radius 3 is 2.90 bits per heavy atom. The maximum absolute atomic E-state index is 9.09. The Bertz CT molecular complexity index is 835. The van der Waals surface area contributed by atoms with Gasteiger partial charge in [0.25, 0.3) is 6.01 Å². The van der Waals surface area contributed by atoms with Gasteiger partial charge in [0.05, 0.1) is 11.3 Å². The molecule has 5 nitrogen and oxygen atoms in total. The van der Waals surface area contributed by atoms with Gasteiger partial charge in [-0.05, 0) is 30.3 Å². The Hall–Kier alpha value is -2.52. The summed E-state index contributed by atoms with van der Waals surface area (Å²) in [5.74, 6) is 0. The van der Waals surface area contributed by atoms with Crippen molar-refractivity contribution in [3.05, 3.63) is 46.4 Å². The van der Waals surface area contributed by atoms with Gasteiger partial charge in [0.15, 0.2) is 5.58 Å². The summed E-state index contributed by atoms with van der Waals surface area (Å²) >= 11 is 3.37. The van der Waals surface area contributed by atoms with Crippen LogP contribution in [-0.2, 0) is 0 Å². The fraction of sp³-hybridized carbons (Fsp3) is 0. The monoisotopic (exact) mass is 328 g/mol. The van der Waals surface area contributed by atoms with Crippen molar-refractivity contribution in [3.63, 3.8) is 0 Å². The molecule has 3 N–H and O–H groups in total. The number of rotatable bonds is 2. The van der Waals surface area contributed by atoms with Gasteiger partial charge in [0.1, 0.15) is 11.6 Å². The maximum atomic E-state index is 9.09. The lowest BCUT2D eigenvalue weighted by Crippen LogP contribution is -1.93. The third-order valence-corrected chi connectivity index (χ3v) is 3.25. The molecule has 98 valence electrons. The Labute approximate surface area is 123 Å². The molecule has 0 amide bonds. The van der Waals surface area contributed by atoms with E-state index in [-0.39, 0.29) is 0 Å². The topological polar surface area (TPSA) is 87.9 Å². The molecule has 0 radical (unpaired) electrons. The summed E-state index contributed by atoms with van der Waals surface area (Å²) in [6.45, 7) is 0. The summed E-state index contributed by atoms with van der Waals surface area (Å²) in [6.07, 6.45) is 0. The number of aromatic nitrogens is 1. The van der Waals surface area contributed by atoms with Crippen LogP contribution in [0.5, 0.6) is 0 Å². The molecule has 2 aromatic carbocycles. The van der Waals surface area contributed by atoms with Crippen LogP contribution >= 0.6 is 15.9 Å². The number of nitriles is 1. The largest absolute Gasteiger partial charge is 0.423 e. The molecule has 0 fully saturated rings. The van der Waals surface area contributed by atoms with Crippen molar-refractivity contribution in [1.82, 2.24) is 4.98 Å². The Balaban J connectivity index is 2.01. The first-order valence-corrected chi connectivity index (χ1v) is 6.58. The zero-order valence-corrected chi connectivity index (χ0v) is 11.8. The summed E-state index contributed by atoms with van der Waals surface area (Å²) in [5, 5.41) is 12.1. The average molecular weight is 329 g/mol. The number of benzene rings is 2. The molecule has 0 aliphatic rings. The molecule has 0 bridgehead atoms. The lowest BCUT2D eigenvalue weighted by atomic mass is 10.2. The average Bonchev–Trinajstić information content (AvgIpc) is 2.80. The molecular formula is C14H9BrN4O. The number of hydrogen-bond donors (Lipinski definition) is 2. The number of nitrogen functional groups attached to an aromatic ring is 1. The molecule has 0 aliphatic heterocycles. The van der Waals surface area contributed by atoms with E-state index in [1.165, 1.54) is 0 Å². The summed E-state index contributed by atoms with van der Waals surface area (Å²) in [4.78, 5) is 4.30. The minimum absolute atomic E-state index is 0.320. The normalized spacial score (nSPS) is 10.4. The highest BCUT2D eigenvalue weighted by Gasteiger charge is 2.09. The Kier molecular flexibility index (Phi) is 3.05. The minimum atomic E-state index is 0.320. The highest BCUT2D eigenvalue weighted by molar-refractivity contribution is 9.10. The van der Waals surface area contributed by atoms with Crippen molar-refractivity contribution in [1.29, 1.82) is 5.26 Å². The molecular weight excluding hydrogens is 320 g/mol. The van der Waals surface area contributed by atoms with Crippen molar-refractivity contribution < 1.29 is 4.42 Å². The number of oxazole rings is 1. The molecule has 1 aromatic heterocycles. The highest BCUT2D eigenvalue weighted by atomic mass is 79.9. The summed E-state index contributed by atoms with van der Waals surface area (Å²) in [6, 6.07) is 13.0. The van der Waals surface area contributed by atoms with Gasteiger partial charge < -0.3 is 15.5 Å². The van der Waals surface area contributed by atoms with E-state index >= 15 is 0 Å². The maximum Gasteiger partial charge on any atom is 0.300 e. The smallest absolute Gasteiger partial charge is 0.300 e. The molecule has 3 aromatic rings. The van der Waals surface area contributed by atoms with Crippen molar-refractivity contribution in [3.8, 4) is 6.07 Å². The first kappa shape index (κ1) is 12.5. The second kappa shape index (κ2) is 4.87. The molecule has 1 heterocycles. The second-order valence-electron chi connectivity index (χ2n) is 4.17. The van der Waals surface area contributed by atoms with Crippen LogP contribution < -0.4 is 11.1 Å². The van der Waals surface area contributed by atoms with Crippen LogP contribution in [0.1, 0.15) is 5.56 Å². The van der Waals surface area contributed by atoms with E-state index in [1.54, 1.807) is 36.4 Å². The predicted octanol–water partition coefficient (Wildman–Crippen LogP) is 3.79. The van der Waals surface area contributed by atoms with Gasteiger partial charge in [0.2, 0.25) is 0 Å². The number of anilines is 3. The van der Waals surface area contributed by atoms with Crippen LogP contribution in [0, 0.1) is 11.3 Å². The van der Waals surface area contributed by atoms with Gasteiger partial charge in [-0.25, -0.2) is 0 Å². The fourth-order valence-electron chi connectivity index (χ4n) is 1.83. The van der Waals surface area contributed by atoms with Crippen LogP contribution in [0.4, 0.5) is 17.4 Å². The van der Waals surface area contributed by atoms with Gasteiger partial charge in [-0.2, -0.15) is 10.2 Å². The van der Waals surface area contributed by atoms with Gasteiger partial charge >= 0.3 is 0 Å². The van der Waals surface area contributed by atoms with Crippen molar-refractivity contribution in [2.75, 3.05) is 11.1 Å². The van der Waals surface area contributed by atoms with Crippen LogP contribution in [0.3, 0.4) is 0 Å². The van der Waals surface area contributed by atoms with Gasteiger partial charge in [-0.15, -0.1) is 0 Å². The predicted molar refractivity (Wildman–Crippen MR) is 80.6 cm³/mol. The summed E-state index contributed by atoms with van der Waals surface area (Å²) in [7, 11) is 0. The minimum Gasteiger partial charge on any atom is -0.423 e. The Morgan fingerprint density at radius 1 is 1.25 bits per heavy atom. The first-order chi connectivity index (χ1) is 9.65. The van der Waals surface area contributed by atoms with E-state index in [1.807, 2.05) is 0 Å². The SMILES string of the molecule is N#Cc1ccc(Br)cc1Nc1nc2ccc(N)cc2o1. The van der Waals surface area contributed by atoms with Crippen LogP contribution in [-0.4, -0.2) is 4.98 Å². The van der Waals surface area contributed by atoms with Crippen molar-refractivity contribution in [2.45, 2.75) is 0 Å². The lowest BCUT2D eigenvalue weighted by molar-refractivity contribution is 0.623. The molecule has 0 saturated heterocycles. The van der Waals surface area contributed by atoms with E-state index < -0.39 is 0 Å². The molecule has 0 unspecified atom stereocenters. The molecule has 0 atom stereocenters. The molecule has 0 spiro atoms. The first-order valence-electron chi connectivity index (χ1n) is 5.78. The molecule has 20 heavy (non-hydrogen) atoms. The number of nitrogens with one attached hydrogen (secondary N) is 1. The van der Waals surface area contributed by atoms with E-state index in [0.717, 1.165) is 4.47 Å². The molecule has 0 saturated carbocycles. The molecule has 3 rings (SSSR count). The van der Waals surface area contributed by atoms with Gasteiger partial charge in [0, 0.05) is 16.2 Å². The number of fused-ring (bicyclic) bond motifs is 1. The number of nitrogens with zero attached hydrogens (tertiary/aromatic N) is 2. The van der Waals surface area contributed by atoms with Crippen LogP contribution in [0.25, 0.3) is 11.1 Å².